The molecule has 0 aliphatic heterocycles. The Morgan fingerprint density at radius 3 is 2.71 bits per heavy atom. The van der Waals surface area contributed by atoms with Crippen LogP contribution in [0.1, 0.15) is 25.3 Å². The van der Waals surface area contributed by atoms with Gasteiger partial charge in [-0.05, 0) is 0 Å². The summed E-state index contributed by atoms with van der Waals surface area (Å²) < 4.78 is 2.93. The molecule has 0 amide bonds. The van der Waals surface area contributed by atoms with E-state index >= 15 is 0 Å². The summed E-state index contributed by atoms with van der Waals surface area (Å²) in [5.41, 5.74) is 1.34. The number of hydrogen-bond donors (Lipinski definition) is 0. The van der Waals surface area contributed by atoms with Crippen LogP contribution in [0.25, 0.3) is 6.08 Å². The van der Waals surface area contributed by atoms with Crippen molar-refractivity contribution < 1.29 is 0 Å². The Bertz CT molecular complexity index is 251. The summed E-state index contributed by atoms with van der Waals surface area (Å²) in [5, 5.41) is 0. The van der Waals surface area contributed by atoms with Crippen molar-refractivity contribution in [3.05, 3.63) is 42.0 Å². The molecule has 0 bridgehead atoms. The predicted octanol–water partition coefficient (Wildman–Crippen LogP) is 4.04. The maximum absolute atomic E-state index is 2.36. The molecule has 1 aromatic rings. The number of rotatable bonds is 6. The second kappa shape index (κ2) is 8.10. The second-order valence-electron chi connectivity index (χ2n) is 3.37. The molecule has 2 radical (unpaired) electrons. The molecule has 0 atom stereocenters. The van der Waals surface area contributed by atoms with Gasteiger partial charge in [-0.25, -0.2) is 0 Å². The summed E-state index contributed by atoms with van der Waals surface area (Å²) in [5.74, 6) is 0. The maximum atomic E-state index is 2.36. The van der Waals surface area contributed by atoms with E-state index in [-0.39, 0.29) is 21.1 Å². The molecule has 0 unspecified atom stereocenters. The Morgan fingerprint density at radius 2 is 2.00 bits per heavy atom. The van der Waals surface area contributed by atoms with Crippen LogP contribution in [-0.4, -0.2) is 21.1 Å². The van der Waals surface area contributed by atoms with Gasteiger partial charge in [-0.1, -0.05) is 0 Å². The Balaban J connectivity index is 2.15. The third-order valence-corrected chi connectivity index (χ3v) is 5.59. The van der Waals surface area contributed by atoms with Crippen molar-refractivity contribution >= 4 is 27.2 Å². The van der Waals surface area contributed by atoms with Crippen LogP contribution in [0.4, 0.5) is 0 Å². The summed E-state index contributed by atoms with van der Waals surface area (Å²) in [4.78, 5) is 0. The molecule has 0 nitrogen and oxygen atoms in total. The van der Waals surface area contributed by atoms with Gasteiger partial charge in [0.25, 0.3) is 0 Å². The topological polar surface area (TPSA) is 0 Å². The van der Waals surface area contributed by atoms with Crippen molar-refractivity contribution in [2.45, 2.75) is 28.6 Å². The Labute approximate surface area is 97.6 Å². The van der Waals surface area contributed by atoms with Crippen LogP contribution >= 0.6 is 0 Å². The van der Waals surface area contributed by atoms with Crippen LogP contribution in [0, 0.1) is 0 Å². The van der Waals surface area contributed by atoms with E-state index in [4.69, 9.17) is 0 Å². The van der Waals surface area contributed by atoms with Crippen molar-refractivity contribution in [2.24, 2.45) is 0 Å². The van der Waals surface area contributed by atoms with Crippen molar-refractivity contribution in [2.75, 3.05) is 0 Å². The molecule has 1 aromatic carbocycles. The van der Waals surface area contributed by atoms with Gasteiger partial charge in [0, 0.05) is 0 Å². The average molecular weight is 293 g/mol. The molecule has 0 N–H and O–H groups in total. The van der Waals surface area contributed by atoms with Gasteiger partial charge < -0.3 is 0 Å². The van der Waals surface area contributed by atoms with E-state index in [1.54, 1.807) is 4.44 Å². The third-order valence-electron chi connectivity index (χ3n) is 2.08. The SMILES string of the molecule is CCC[CH2][Sn][CH2]/C=C/c1ccccc1. The van der Waals surface area contributed by atoms with E-state index in [0.29, 0.717) is 0 Å². The van der Waals surface area contributed by atoms with Crippen LogP contribution in [0.2, 0.25) is 8.87 Å². The van der Waals surface area contributed by atoms with Crippen molar-refractivity contribution in [1.29, 1.82) is 0 Å². The van der Waals surface area contributed by atoms with Gasteiger partial charge in [-0.3, -0.25) is 0 Å². The van der Waals surface area contributed by atoms with Crippen LogP contribution in [0.3, 0.4) is 0 Å². The fraction of sp³-hybridized carbons (Fsp3) is 0.385. The number of unbranched alkanes of at least 4 members (excludes halogenated alkanes) is 1. The summed E-state index contributed by atoms with van der Waals surface area (Å²) in [6.07, 6.45) is 7.43. The zero-order chi connectivity index (χ0) is 10.1. The molecule has 0 fully saturated rings. The van der Waals surface area contributed by atoms with Crippen LogP contribution in [-0.2, 0) is 0 Å². The first kappa shape index (κ1) is 11.8. The van der Waals surface area contributed by atoms with E-state index in [1.165, 1.54) is 22.8 Å². The second-order valence-corrected chi connectivity index (χ2v) is 7.39. The summed E-state index contributed by atoms with van der Waals surface area (Å²) in [6, 6.07) is 10.6. The molecular formula is C13H18Sn. The first-order chi connectivity index (χ1) is 6.93. The molecule has 0 aliphatic rings. The molecule has 0 spiro atoms. The fourth-order valence-electron chi connectivity index (χ4n) is 1.25. The first-order valence-electron chi connectivity index (χ1n) is 5.36. The van der Waals surface area contributed by atoms with Crippen LogP contribution in [0.5, 0.6) is 0 Å². The molecule has 0 aromatic heterocycles. The van der Waals surface area contributed by atoms with E-state index in [2.05, 4.69) is 49.4 Å². The molecule has 0 aliphatic carbocycles. The van der Waals surface area contributed by atoms with Gasteiger partial charge >= 0.3 is 97.8 Å². The van der Waals surface area contributed by atoms with Crippen molar-refractivity contribution in [3.8, 4) is 0 Å². The normalized spacial score (nSPS) is 10.9. The van der Waals surface area contributed by atoms with Crippen LogP contribution in [0.15, 0.2) is 36.4 Å². The quantitative estimate of drug-likeness (QED) is 0.548. The number of hydrogen-bond acceptors (Lipinski definition) is 0. The van der Waals surface area contributed by atoms with Gasteiger partial charge in [-0.2, -0.15) is 0 Å². The summed E-state index contributed by atoms with van der Waals surface area (Å²) in [7, 11) is 0. The average Bonchev–Trinajstić information content (AvgIpc) is 2.25. The summed E-state index contributed by atoms with van der Waals surface area (Å²) >= 11 is -0.0561. The molecule has 0 saturated carbocycles. The Hall–Kier alpha value is -0.241. The minimum atomic E-state index is -0.0561. The first-order valence-corrected chi connectivity index (χ1v) is 9.39. The summed E-state index contributed by atoms with van der Waals surface area (Å²) in [6.45, 7) is 2.28. The van der Waals surface area contributed by atoms with Crippen LogP contribution < -0.4 is 0 Å². The molecule has 74 valence electrons. The zero-order valence-electron chi connectivity index (χ0n) is 8.87. The molecule has 1 heteroatoms. The van der Waals surface area contributed by atoms with Crippen molar-refractivity contribution in [1.82, 2.24) is 0 Å². The predicted molar refractivity (Wildman–Crippen MR) is 65.8 cm³/mol. The monoisotopic (exact) mass is 294 g/mol. The van der Waals surface area contributed by atoms with Gasteiger partial charge in [0.2, 0.25) is 0 Å². The van der Waals surface area contributed by atoms with E-state index in [9.17, 15) is 0 Å². The molecule has 0 heterocycles. The van der Waals surface area contributed by atoms with E-state index in [0.717, 1.165) is 0 Å². The molecular weight excluding hydrogens is 275 g/mol. The molecule has 1 rings (SSSR count). The van der Waals surface area contributed by atoms with E-state index in [1.807, 2.05) is 0 Å². The van der Waals surface area contributed by atoms with Gasteiger partial charge in [0.05, 0.1) is 0 Å². The van der Waals surface area contributed by atoms with E-state index < -0.39 is 0 Å². The Morgan fingerprint density at radius 1 is 1.21 bits per heavy atom. The minimum absolute atomic E-state index is 0.0561. The molecule has 0 saturated heterocycles. The third kappa shape index (κ3) is 5.48. The standard InChI is InChI=1S/C9H9.C4H9.Sn/c1-2-6-9-7-4-3-5-8-9;1-3-4-2;/h2-8H,1H2;1,3-4H2,2H3;/b6-2+;;. The number of allylic oxidation sites excluding steroid dienone is 1. The molecule has 14 heavy (non-hydrogen) atoms. The van der Waals surface area contributed by atoms with Gasteiger partial charge in [0.1, 0.15) is 0 Å². The number of benzene rings is 1. The van der Waals surface area contributed by atoms with Gasteiger partial charge in [0.15, 0.2) is 0 Å². The van der Waals surface area contributed by atoms with Gasteiger partial charge in [-0.15, -0.1) is 0 Å². The van der Waals surface area contributed by atoms with Crippen molar-refractivity contribution in [3.63, 3.8) is 0 Å². The Kier molecular flexibility index (Phi) is 6.84. The fourth-order valence-corrected chi connectivity index (χ4v) is 4.36. The zero-order valence-corrected chi connectivity index (χ0v) is 11.7.